The number of benzene rings is 2. The maximum Gasteiger partial charge on any atom is 0.416 e. The van der Waals surface area contributed by atoms with Crippen molar-refractivity contribution in [2.45, 2.75) is 97.4 Å². The predicted octanol–water partition coefficient (Wildman–Crippen LogP) is 13.2. The van der Waals surface area contributed by atoms with E-state index in [0.717, 1.165) is 53.4 Å². The Balaban J connectivity index is 0.000000165. The molecule has 2 saturated heterocycles. The predicted molar refractivity (Wildman–Crippen MR) is 244 cm³/mol. The lowest BCUT2D eigenvalue weighted by Gasteiger charge is -2.47. The van der Waals surface area contributed by atoms with Gasteiger partial charge in [-0.2, -0.15) is 13.2 Å². The van der Waals surface area contributed by atoms with Crippen LogP contribution in [0.3, 0.4) is 0 Å². The van der Waals surface area contributed by atoms with Gasteiger partial charge in [0.2, 0.25) is 0 Å². The van der Waals surface area contributed by atoms with E-state index in [1.807, 2.05) is 43.3 Å². The summed E-state index contributed by atoms with van der Waals surface area (Å²) >= 11 is 0. The van der Waals surface area contributed by atoms with Crippen LogP contribution in [0.1, 0.15) is 96.0 Å². The van der Waals surface area contributed by atoms with Gasteiger partial charge in [0.1, 0.15) is 18.0 Å². The van der Waals surface area contributed by atoms with E-state index in [1.165, 1.54) is 56.7 Å². The monoisotopic (exact) mass is 888 g/mol. The molecule has 0 N–H and O–H groups in total. The fourth-order valence-corrected chi connectivity index (χ4v) is 13.0. The molecule has 4 heterocycles. The summed E-state index contributed by atoms with van der Waals surface area (Å²) in [6.07, 6.45) is 16.8. The van der Waals surface area contributed by atoms with Crippen LogP contribution in [0.15, 0.2) is 97.3 Å². The van der Waals surface area contributed by atoms with E-state index in [0.29, 0.717) is 46.6 Å². The molecule has 0 radical (unpaired) electrons. The number of ether oxygens (including phenoxy) is 2. The minimum Gasteiger partial charge on any atom is -0.462 e. The molecule has 65 heavy (non-hydrogen) atoms. The number of allylic oxidation sites excluding steroid dienone is 2. The summed E-state index contributed by atoms with van der Waals surface area (Å²) in [5.74, 6) is 4.59. The Kier molecular flexibility index (Phi) is 12.9. The van der Waals surface area contributed by atoms with Crippen molar-refractivity contribution in [3.8, 4) is 22.3 Å². The van der Waals surface area contributed by atoms with Gasteiger partial charge in [-0.15, -0.1) is 0 Å². The highest BCUT2D eigenvalue weighted by atomic mass is 19.4. The Hall–Kier alpha value is -5.12. The molecule has 6 nitrogen and oxygen atoms in total. The average Bonchev–Trinajstić information content (AvgIpc) is 3.74. The van der Waals surface area contributed by atoms with E-state index in [4.69, 9.17) is 9.47 Å². The number of fused-ring (bicyclic) bond motifs is 4. The SMILES string of the molecule is C[C@@H]1CC[C@@H]2[C@@H](C1)C[C@H]1C(=O)O[C@H](C)[C@H]1[C@H]2/C=C/c1ccc(-c2cccc(C(F)(F)F)c2)cn1.C[C@@H]1CC[C@@H]2[C@@H](C1)C[C@H]1C(=O)O[C@H](C)[C@H]1[C@H]2/C=C/c1ccc(-c2cccc(F)c2)cn1. The van der Waals surface area contributed by atoms with E-state index in [-0.39, 0.29) is 59.6 Å². The molecule has 10 heteroatoms. The fraction of sp³-hybridized carbons (Fsp3) is 0.491. The first-order valence-corrected chi connectivity index (χ1v) is 23.8. The molecule has 4 aromatic rings. The fourth-order valence-electron chi connectivity index (χ4n) is 13.0. The van der Waals surface area contributed by atoms with Gasteiger partial charge in [-0.1, -0.05) is 75.2 Å². The van der Waals surface area contributed by atoms with E-state index < -0.39 is 11.7 Å². The molecule has 2 aromatic heterocycles. The van der Waals surface area contributed by atoms with Gasteiger partial charge in [0.25, 0.3) is 0 Å². The molecule has 6 aliphatic rings. The third-order valence-electron chi connectivity index (χ3n) is 16.1. The van der Waals surface area contributed by atoms with E-state index in [9.17, 15) is 27.2 Å². The van der Waals surface area contributed by atoms with Crippen molar-refractivity contribution >= 4 is 24.1 Å². The smallest absolute Gasteiger partial charge is 0.416 e. The normalized spacial score (nSPS) is 34.2. The largest absolute Gasteiger partial charge is 0.462 e. The van der Waals surface area contributed by atoms with Crippen molar-refractivity contribution < 1.29 is 36.6 Å². The highest BCUT2D eigenvalue weighted by Crippen LogP contribution is 2.56. The lowest BCUT2D eigenvalue weighted by molar-refractivity contribution is -0.145. The number of hydrogen-bond donors (Lipinski definition) is 0. The quantitative estimate of drug-likeness (QED) is 0.142. The number of cyclic esters (lactones) is 2. The lowest BCUT2D eigenvalue weighted by atomic mass is 9.56. The van der Waals surface area contributed by atoms with Crippen molar-refractivity contribution in [2.75, 3.05) is 0 Å². The van der Waals surface area contributed by atoms with Crippen LogP contribution in [0.4, 0.5) is 17.6 Å². The number of halogens is 4. The Labute approximate surface area is 380 Å². The van der Waals surface area contributed by atoms with Crippen molar-refractivity contribution in [3.05, 3.63) is 120 Å². The Morgan fingerprint density at radius 3 is 1.51 bits per heavy atom. The van der Waals surface area contributed by atoms with Gasteiger partial charge in [-0.05, 0) is 159 Å². The number of hydrogen-bond acceptors (Lipinski definition) is 6. The number of carbonyl (C=O) groups is 2. The molecule has 2 aliphatic heterocycles. The third kappa shape index (κ3) is 9.60. The molecule has 0 spiro atoms. The van der Waals surface area contributed by atoms with Gasteiger partial charge in [0.05, 0.1) is 28.8 Å². The molecule has 4 saturated carbocycles. The molecule has 14 atom stereocenters. The molecule has 0 amide bonds. The zero-order valence-corrected chi connectivity index (χ0v) is 37.7. The second-order valence-electron chi connectivity index (χ2n) is 20.2. The van der Waals surface area contributed by atoms with Crippen LogP contribution in [-0.4, -0.2) is 34.1 Å². The Bertz CT molecular complexity index is 2400. The van der Waals surface area contributed by atoms with Crippen LogP contribution in [0.2, 0.25) is 0 Å². The second kappa shape index (κ2) is 18.6. The molecule has 6 fully saturated rings. The topological polar surface area (TPSA) is 78.4 Å². The maximum atomic E-state index is 13.5. The minimum absolute atomic E-state index is 0.00477. The van der Waals surface area contributed by atoms with Crippen LogP contribution < -0.4 is 0 Å². The lowest BCUT2D eigenvalue weighted by Crippen LogP contribution is -2.43. The first-order chi connectivity index (χ1) is 31.2. The number of aromatic nitrogens is 2. The molecular weight excluding hydrogens is 829 g/mol. The summed E-state index contributed by atoms with van der Waals surface area (Å²) in [4.78, 5) is 34.1. The van der Waals surface area contributed by atoms with Gasteiger partial charge in [-0.25, -0.2) is 4.39 Å². The number of alkyl halides is 3. The zero-order chi connectivity index (χ0) is 45.6. The Morgan fingerprint density at radius 1 is 0.585 bits per heavy atom. The van der Waals surface area contributed by atoms with Crippen LogP contribution in [-0.2, 0) is 25.2 Å². The summed E-state index contributed by atoms with van der Waals surface area (Å²) in [7, 11) is 0. The van der Waals surface area contributed by atoms with E-state index >= 15 is 0 Å². The van der Waals surface area contributed by atoms with Gasteiger partial charge >= 0.3 is 18.1 Å². The van der Waals surface area contributed by atoms with Gasteiger partial charge in [0, 0.05) is 35.4 Å². The maximum absolute atomic E-state index is 13.5. The highest BCUT2D eigenvalue weighted by molar-refractivity contribution is 5.76. The first kappa shape index (κ1) is 45.1. The molecule has 4 aliphatic carbocycles. The average molecular weight is 889 g/mol. The third-order valence-corrected chi connectivity index (χ3v) is 16.1. The van der Waals surface area contributed by atoms with E-state index in [2.05, 4.69) is 49.0 Å². The zero-order valence-electron chi connectivity index (χ0n) is 37.7. The van der Waals surface area contributed by atoms with Gasteiger partial charge < -0.3 is 9.47 Å². The standard InChI is InChI=1S/C28H30F3NO2.C27H30FNO2/c1-16-6-10-23-20(12-16)14-25-26(17(2)34-27(25)33)24(23)11-9-22-8-7-19(15-32-22)18-4-3-5-21(13-18)28(29,30)31;1-16-6-10-23-20(12-16)14-25-26(17(2)31-27(25)30)24(23)11-9-22-8-7-19(15-29-22)18-4-3-5-21(28)13-18/h3-5,7-9,11,13,15-17,20,23-26H,6,10,12,14H2,1-2H3;3-5,7-9,11,13,15-17,20,23-26H,6,10,12,14H2,1-2H3/b2*11-9+/t2*16-,17-,20+,23-,24+,25-,26+/m11/s1. The Morgan fingerprint density at radius 2 is 1.06 bits per heavy atom. The molecule has 0 bridgehead atoms. The summed E-state index contributed by atoms with van der Waals surface area (Å²) in [6, 6.07) is 19.5. The number of rotatable bonds is 6. The molecule has 2 aromatic carbocycles. The van der Waals surface area contributed by atoms with Gasteiger partial charge in [0.15, 0.2) is 0 Å². The summed E-state index contributed by atoms with van der Waals surface area (Å²) in [6.45, 7) is 8.71. The molecule has 342 valence electrons. The molecule has 0 unspecified atom stereocenters. The minimum atomic E-state index is -4.37. The number of pyridine rings is 2. The summed E-state index contributed by atoms with van der Waals surface area (Å²) < 4.78 is 64.0. The van der Waals surface area contributed by atoms with Crippen molar-refractivity contribution in [2.24, 2.45) is 71.0 Å². The van der Waals surface area contributed by atoms with Crippen molar-refractivity contribution in [1.82, 2.24) is 9.97 Å². The van der Waals surface area contributed by atoms with E-state index in [1.54, 1.807) is 24.5 Å². The van der Waals surface area contributed by atoms with Gasteiger partial charge in [-0.3, -0.25) is 19.6 Å². The first-order valence-electron chi connectivity index (χ1n) is 23.8. The van der Waals surface area contributed by atoms with Crippen LogP contribution in [0, 0.1) is 76.8 Å². The number of esters is 2. The van der Waals surface area contributed by atoms with Crippen LogP contribution >= 0.6 is 0 Å². The van der Waals surface area contributed by atoms with Crippen molar-refractivity contribution in [3.63, 3.8) is 0 Å². The van der Waals surface area contributed by atoms with Crippen LogP contribution in [0.25, 0.3) is 34.4 Å². The highest BCUT2D eigenvalue weighted by Gasteiger charge is 2.55. The summed E-state index contributed by atoms with van der Waals surface area (Å²) in [5.41, 5.74) is 3.84. The molecular formula is C55H60F4N2O4. The second-order valence-corrected chi connectivity index (χ2v) is 20.2. The summed E-state index contributed by atoms with van der Waals surface area (Å²) in [5, 5.41) is 0. The van der Waals surface area contributed by atoms with Crippen LogP contribution in [0.5, 0.6) is 0 Å². The van der Waals surface area contributed by atoms with Crippen molar-refractivity contribution in [1.29, 1.82) is 0 Å². The number of carbonyl (C=O) groups excluding carboxylic acids is 2. The number of nitrogens with zero attached hydrogens (tertiary/aromatic N) is 2. The molecule has 10 rings (SSSR count).